The molecule has 0 radical (unpaired) electrons. The molecule has 106 valence electrons. The van der Waals surface area contributed by atoms with Crippen molar-refractivity contribution in [3.8, 4) is 11.6 Å². The fraction of sp³-hybridized carbons (Fsp3) is 0.375. The lowest BCUT2D eigenvalue weighted by molar-refractivity contribution is 0.435. The van der Waals surface area contributed by atoms with E-state index in [1.54, 1.807) is 0 Å². The first-order chi connectivity index (χ1) is 9.29. The van der Waals surface area contributed by atoms with Gasteiger partial charge in [-0.05, 0) is 25.3 Å². The van der Waals surface area contributed by atoms with E-state index in [1.165, 1.54) is 11.9 Å². The summed E-state index contributed by atoms with van der Waals surface area (Å²) in [6.07, 6.45) is 1.42. The van der Waals surface area contributed by atoms with E-state index < -0.39 is 0 Å². The van der Waals surface area contributed by atoms with Gasteiger partial charge in [-0.25, -0.2) is 9.97 Å². The van der Waals surface area contributed by atoms with Crippen LogP contribution in [-0.4, -0.2) is 9.97 Å². The maximum Gasteiger partial charge on any atom is 0.227 e. The molecule has 0 saturated heterocycles. The highest BCUT2D eigenvalue weighted by Crippen LogP contribution is 2.35. The van der Waals surface area contributed by atoms with Crippen LogP contribution < -0.4 is 10.5 Å². The van der Waals surface area contributed by atoms with Crippen molar-refractivity contribution < 1.29 is 4.74 Å². The molecule has 20 heavy (non-hydrogen) atoms. The molecule has 0 amide bonds. The van der Waals surface area contributed by atoms with Crippen LogP contribution in [0.5, 0.6) is 11.6 Å². The zero-order valence-electron chi connectivity index (χ0n) is 12.7. The van der Waals surface area contributed by atoms with Gasteiger partial charge in [0.1, 0.15) is 17.9 Å². The topological polar surface area (TPSA) is 61.0 Å². The third-order valence-corrected chi connectivity index (χ3v) is 3.23. The summed E-state index contributed by atoms with van der Waals surface area (Å²) < 4.78 is 5.97. The van der Waals surface area contributed by atoms with E-state index in [4.69, 9.17) is 10.5 Å². The summed E-state index contributed by atoms with van der Waals surface area (Å²) in [6, 6.07) is 6.16. The number of aryl methyl sites for hydroxylation is 1. The second-order valence-corrected chi connectivity index (χ2v) is 6.04. The second kappa shape index (κ2) is 5.12. The highest BCUT2D eigenvalue weighted by Gasteiger charge is 2.20. The first kappa shape index (κ1) is 14.3. The number of nitrogens with zero attached hydrogens (tertiary/aromatic N) is 2. The van der Waals surface area contributed by atoms with Gasteiger partial charge in [-0.1, -0.05) is 38.5 Å². The number of anilines is 1. The second-order valence-electron chi connectivity index (χ2n) is 6.04. The number of nitrogens with two attached hydrogens (primary N) is 1. The van der Waals surface area contributed by atoms with Gasteiger partial charge in [-0.3, -0.25) is 0 Å². The summed E-state index contributed by atoms with van der Waals surface area (Å²) >= 11 is 0. The minimum absolute atomic E-state index is 0.00612. The molecule has 0 fully saturated rings. The number of hydrogen-bond acceptors (Lipinski definition) is 4. The average molecular weight is 271 g/mol. The van der Waals surface area contributed by atoms with Crippen molar-refractivity contribution in [2.75, 3.05) is 5.73 Å². The Hall–Kier alpha value is -2.10. The zero-order chi connectivity index (χ0) is 14.9. The van der Waals surface area contributed by atoms with Crippen LogP contribution in [0, 0.1) is 13.8 Å². The van der Waals surface area contributed by atoms with Crippen molar-refractivity contribution in [3.63, 3.8) is 0 Å². The number of hydrogen-bond donors (Lipinski definition) is 1. The van der Waals surface area contributed by atoms with Gasteiger partial charge in [0.15, 0.2) is 0 Å². The van der Waals surface area contributed by atoms with Crippen LogP contribution >= 0.6 is 0 Å². The van der Waals surface area contributed by atoms with Crippen LogP contribution in [0.4, 0.5) is 5.82 Å². The molecule has 0 spiro atoms. The van der Waals surface area contributed by atoms with E-state index in [0.717, 1.165) is 16.9 Å². The van der Waals surface area contributed by atoms with Crippen LogP contribution in [0.2, 0.25) is 0 Å². The molecule has 4 heteroatoms. The minimum Gasteiger partial charge on any atom is -0.438 e. The summed E-state index contributed by atoms with van der Waals surface area (Å²) in [5.41, 5.74) is 8.90. The molecular weight excluding hydrogens is 250 g/mol. The summed E-state index contributed by atoms with van der Waals surface area (Å²) in [6.45, 7) is 10.4. The molecule has 1 aromatic carbocycles. The molecule has 2 aromatic rings. The number of rotatable bonds is 2. The Bertz CT molecular complexity index is 630. The van der Waals surface area contributed by atoms with Crippen molar-refractivity contribution in [1.29, 1.82) is 0 Å². The molecule has 1 heterocycles. The van der Waals surface area contributed by atoms with Crippen molar-refractivity contribution in [3.05, 3.63) is 41.2 Å². The van der Waals surface area contributed by atoms with Crippen LogP contribution in [-0.2, 0) is 5.41 Å². The van der Waals surface area contributed by atoms with Gasteiger partial charge in [0, 0.05) is 5.56 Å². The Balaban J connectivity index is 2.46. The molecule has 0 aliphatic rings. The Kier molecular flexibility index (Phi) is 3.66. The van der Waals surface area contributed by atoms with E-state index in [-0.39, 0.29) is 5.41 Å². The van der Waals surface area contributed by atoms with Gasteiger partial charge < -0.3 is 10.5 Å². The molecule has 2 rings (SSSR count). The molecule has 0 bridgehead atoms. The van der Waals surface area contributed by atoms with Crippen LogP contribution in [0.1, 0.15) is 37.5 Å². The Morgan fingerprint density at radius 3 is 2.45 bits per heavy atom. The summed E-state index contributed by atoms with van der Waals surface area (Å²) in [5, 5.41) is 0. The Morgan fingerprint density at radius 1 is 1.10 bits per heavy atom. The summed E-state index contributed by atoms with van der Waals surface area (Å²) in [5.74, 6) is 1.76. The van der Waals surface area contributed by atoms with E-state index >= 15 is 0 Å². The number of aromatic nitrogens is 2. The molecule has 0 saturated carbocycles. The Labute approximate surface area is 120 Å². The monoisotopic (exact) mass is 271 g/mol. The minimum atomic E-state index is -0.00612. The van der Waals surface area contributed by atoms with Gasteiger partial charge >= 0.3 is 0 Å². The lowest BCUT2D eigenvalue weighted by atomic mass is 9.85. The van der Waals surface area contributed by atoms with Crippen molar-refractivity contribution in [2.45, 2.75) is 40.0 Å². The summed E-state index contributed by atoms with van der Waals surface area (Å²) in [4.78, 5) is 8.12. The fourth-order valence-electron chi connectivity index (χ4n) is 1.97. The van der Waals surface area contributed by atoms with E-state index in [1.807, 2.05) is 19.1 Å². The third-order valence-electron chi connectivity index (χ3n) is 3.23. The normalized spacial score (nSPS) is 11.4. The molecule has 2 N–H and O–H groups in total. The maximum absolute atomic E-state index is 5.97. The fourth-order valence-corrected chi connectivity index (χ4v) is 1.97. The summed E-state index contributed by atoms with van der Waals surface area (Å²) in [7, 11) is 0. The largest absolute Gasteiger partial charge is 0.438 e. The SMILES string of the molecule is Cc1ccc(Oc2ncnc(N)c2C)c(C(C)(C)C)c1. The first-order valence-corrected chi connectivity index (χ1v) is 6.65. The predicted octanol–water partition coefficient (Wildman–Crippen LogP) is 3.77. The molecule has 0 atom stereocenters. The quantitative estimate of drug-likeness (QED) is 0.903. The van der Waals surface area contributed by atoms with Gasteiger partial charge in [-0.15, -0.1) is 0 Å². The van der Waals surface area contributed by atoms with Gasteiger partial charge in [-0.2, -0.15) is 0 Å². The van der Waals surface area contributed by atoms with E-state index in [9.17, 15) is 0 Å². The Morgan fingerprint density at radius 2 is 1.80 bits per heavy atom. The van der Waals surface area contributed by atoms with Gasteiger partial charge in [0.05, 0.1) is 5.56 Å². The number of benzene rings is 1. The lowest BCUT2D eigenvalue weighted by Crippen LogP contribution is -2.13. The van der Waals surface area contributed by atoms with Crippen LogP contribution in [0.15, 0.2) is 24.5 Å². The molecule has 1 aromatic heterocycles. The highest BCUT2D eigenvalue weighted by atomic mass is 16.5. The lowest BCUT2D eigenvalue weighted by Gasteiger charge is -2.23. The zero-order valence-corrected chi connectivity index (χ0v) is 12.7. The van der Waals surface area contributed by atoms with Crippen molar-refractivity contribution in [1.82, 2.24) is 9.97 Å². The molecular formula is C16H21N3O. The van der Waals surface area contributed by atoms with Crippen LogP contribution in [0.3, 0.4) is 0 Å². The number of nitrogen functional groups attached to an aromatic ring is 1. The molecule has 0 aliphatic heterocycles. The third kappa shape index (κ3) is 2.90. The highest BCUT2D eigenvalue weighted by molar-refractivity contribution is 5.47. The smallest absolute Gasteiger partial charge is 0.227 e. The molecule has 0 aliphatic carbocycles. The van der Waals surface area contributed by atoms with Crippen molar-refractivity contribution in [2.24, 2.45) is 0 Å². The molecule has 0 unspecified atom stereocenters. The first-order valence-electron chi connectivity index (χ1n) is 6.65. The van der Waals surface area contributed by atoms with E-state index in [0.29, 0.717) is 11.7 Å². The van der Waals surface area contributed by atoms with Gasteiger partial charge in [0.2, 0.25) is 5.88 Å². The van der Waals surface area contributed by atoms with E-state index in [2.05, 4.69) is 43.7 Å². The predicted molar refractivity (Wildman–Crippen MR) is 81.1 cm³/mol. The average Bonchev–Trinajstić information content (AvgIpc) is 2.36. The molecule has 4 nitrogen and oxygen atoms in total. The standard InChI is InChI=1S/C16H21N3O/c1-10-6-7-13(12(8-10)16(3,4)5)20-15-11(2)14(17)18-9-19-15/h6-9H,1-5H3,(H2,17,18,19). The number of ether oxygens (including phenoxy) is 1. The van der Waals surface area contributed by atoms with Crippen molar-refractivity contribution >= 4 is 5.82 Å². The van der Waals surface area contributed by atoms with Gasteiger partial charge in [0.25, 0.3) is 0 Å². The van der Waals surface area contributed by atoms with Crippen LogP contribution in [0.25, 0.3) is 0 Å². The maximum atomic E-state index is 5.97.